The fourth-order valence-electron chi connectivity index (χ4n) is 3.13. The van der Waals surface area contributed by atoms with Gasteiger partial charge in [0, 0.05) is 25.2 Å². The zero-order chi connectivity index (χ0) is 18.4. The molecule has 2 rings (SSSR count). The molecule has 0 spiro atoms. The number of likely N-dealkylation sites (N-methyl/N-ethyl adjacent to an activating group) is 1. The van der Waals surface area contributed by atoms with E-state index >= 15 is 0 Å². The molecule has 25 heavy (non-hydrogen) atoms. The van der Waals surface area contributed by atoms with Crippen LogP contribution in [0.15, 0.2) is 24.3 Å². The quantitative estimate of drug-likeness (QED) is 0.848. The Morgan fingerprint density at radius 1 is 1.40 bits per heavy atom. The third-order valence-electron chi connectivity index (χ3n) is 4.47. The maximum atomic E-state index is 13.2. The summed E-state index contributed by atoms with van der Waals surface area (Å²) in [5, 5.41) is 8.91. The van der Waals surface area contributed by atoms with E-state index in [2.05, 4.69) is 0 Å². The van der Waals surface area contributed by atoms with E-state index in [0.717, 1.165) is 19.3 Å². The van der Waals surface area contributed by atoms with Crippen molar-refractivity contribution in [3.05, 3.63) is 30.1 Å². The number of hydrogen-bond donors (Lipinski definition) is 1. The van der Waals surface area contributed by atoms with Gasteiger partial charge < -0.3 is 14.7 Å². The van der Waals surface area contributed by atoms with Gasteiger partial charge in [-0.2, -0.15) is 0 Å². The number of carbonyl (C=O) groups excluding carboxylic acids is 1. The number of nitrogens with zero attached hydrogens (tertiary/aromatic N) is 2. The van der Waals surface area contributed by atoms with E-state index in [1.165, 1.54) is 18.2 Å². The molecule has 1 fully saturated rings. The maximum absolute atomic E-state index is 13.2. The van der Waals surface area contributed by atoms with Gasteiger partial charge in [-0.15, -0.1) is 0 Å². The summed E-state index contributed by atoms with van der Waals surface area (Å²) in [5.41, 5.74) is 0. The standard InChI is InChI=1S/C18H25FN2O4/c1-13(25-16-7-3-5-14(19)11-16)18(24)21-9-4-6-15(8-10-21)20(2)12-17(22)23/h3,5,7,11,13,15H,4,6,8-10,12H2,1-2H3,(H,22,23)/t13-,15+/m0/s1. The average molecular weight is 352 g/mol. The van der Waals surface area contributed by atoms with Crippen molar-refractivity contribution in [2.45, 2.75) is 38.3 Å². The lowest BCUT2D eigenvalue weighted by molar-refractivity contribution is -0.139. The van der Waals surface area contributed by atoms with Gasteiger partial charge in [-0.05, 0) is 45.4 Å². The Morgan fingerprint density at radius 2 is 2.16 bits per heavy atom. The van der Waals surface area contributed by atoms with E-state index in [0.29, 0.717) is 18.8 Å². The molecule has 1 amide bonds. The largest absolute Gasteiger partial charge is 0.481 e. The van der Waals surface area contributed by atoms with Gasteiger partial charge in [-0.25, -0.2) is 4.39 Å². The number of ether oxygens (including phenoxy) is 1. The van der Waals surface area contributed by atoms with Crippen molar-refractivity contribution >= 4 is 11.9 Å². The van der Waals surface area contributed by atoms with Crippen LogP contribution >= 0.6 is 0 Å². The van der Waals surface area contributed by atoms with Crippen LogP contribution in [-0.2, 0) is 9.59 Å². The van der Waals surface area contributed by atoms with E-state index in [1.807, 2.05) is 4.90 Å². The first-order chi connectivity index (χ1) is 11.9. The molecule has 6 nitrogen and oxygen atoms in total. The molecule has 1 aliphatic rings. The van der Waals surface area contributed by atoms with E-state index in [-0.39, 0.29) is 18.5 Å². The average Bonchev–Trinajstić information content (AvgIpc) is 2.79. The van der Waals surface area contributed by atoms with Crippen molar-refractivity contribution in [1.29, 1.82) is 0 Å². The monoisotopic (exact) mass is 352 g/mol. The van der Waals surface area contributed by atoms with Crippen LogP contribution in [0.5, 0.6) is 5.75 Å². The highest BCUT2D eigenvalue weighted by molar-refractivity contribution is 5.81. The van der Waals surface area contributed by atoms with Crippen molar-refractivity contribution in [3.63, 3.8) is 0 Å². The molecule has 0 radical (unpaired) electrons. The SMILES string of the molecule is C[C@H](Oc1cccc(F)c1)C(=O)N1CCC[C@@H](N(C)CC(=O)O)CC1. The van der Waals surface area contributed by atoms with E-state index in [4.69, 9.17) is 9.84 Å². The van der Waals surface area contributed by atoms with E-state index < -0.39 is 17.9 Å². The second-order valence-electron chi connectivity index (χ2n) is 6.44. The van der Waals surface area contributed by atoms with Gasteiger partial charge in [0.2, 0.25) is 0 Å². The van der Waals surface area contributed by atoms with Gasteiger partial charge in [0.05, 0.1) is 6.54 Å². The van der Waals surface area contributed by atoms with Gasteiger partial charge >= 0.3 is 5.97 Å². The number of hydrogen-bond acceptors (Lipinski definition) is 4. The molecular formula is C18H25FN2O4. The topological polar surface area (TPSA) is 70.1 Å². The molecule has 0 unspecified atom stereocenters. The summed E-state index contributed by atoms with van der Waals surface area (Å²) in [6, 6.07) is 5.88. The lowest BCUT2D eigenvalue weighted by Crippen LogP contribution is -2.42. The molecular weight excluding hydrogens is 327 g/mol. The molecule has 1 aliphatic heterocycles. The Kier molecular flexibility index (Phi) is 6.75. The summed E-state index contributed by atoms with van der Waals surface area (Å²) in [4.78, 5) is 27.0. The summed E-state index contributed by atoms with van der Waals surface area (Å²) >= 11 is 0. The van der Waals surface area contributed by atoms with Crippen LogP contribution in [0.3, 0.4) is 0 Å². The van der Waals surface area contributed by atoms with E-state index in [1.54, 1.807) is 24.9 Å². The number of carboxylic acids is 1. The number of amides is 1. The molecule has 0 bridgehead atoms. The minimum atomic E-state index is -0.850. The highest BCUT2D eigenvalue weighted by Crippen LogP contribution is 2.18. The second-order valence-corrected chi connectivity index (χ2v) is 6.44. The first kappa shape index (κ1) is 19.2. The molecule has 1 heterocycles. The number of halogens is 1. The van der Waals surface area contributed by atoms with Crippen molar-refractivity contribution in [3.8, 4) is 5.75 Å². The molecule has 7 heteroatoms. The van der Waals surface area contributed by atoms with Crippen LogP contribution in [0.4, 0.5) is 4.39 Å². The Hall–Kier alpha value is -2.15. The fourth-order valence-corrected chi connectivity index (χ4v) is 3.13. The van der Waals surface area contributed by atoms with Crippen LogP contribution < -0.4 is 4.74 Å². The van der Waals surface area contributed by atoms with Crippen LogP contribution in [0, 0.1) is 5.82 Å². The number of likely N-dealkylation sites (tertiary alicyclic amines) is 1. The Bertz CT molecular complexity index is 610. The minimum absolute atomic E-state index is 0.00228. The molecule has 2 atom stereocenters. The number of carbonyl (C=O) groups is 2. The van der Waals surface area contributed by atoms with Crippen molar-refractivity contribution in [1.82, 2.24) is 9.80 Å². The lowest BCUT2D eigenvalue weighted by Gasteiger charge is -2.26. The Balaban J connectivity index is 1.90. The molecule has 1 saturated heterocycles. The van der Waals surface area contributed by atoms with Crippen LogP contribution in [-0.4, -0.2) is 65.6 Å². The summed E-state index contributed by atoms with van der Waals surface area (Å²) in [6.07, 6.45) is 1.69. The highest BCUT2D eigenvalue weighted by Gasteiger charge is 2.27. The third-order valence-corrected chi connectivity index (χ3v) is 4.47. The minimum Gasteiger partial charge on any atom is -0.481 e. The molecule has 1 N–H and O–H groups in total. The van der Waals surface area contributed by atoms with Gasteiger partial charge in [-0.3, -0.25) is 14.5 Å². The Labute approximate surface area is 147 Å². The smallest absolute Gasteiger partial charge is 0.317 e. The fraction of sp³-hybridized carbons (Fsp3) is 0.556. The second kappa shape index (κ2) is 8.80. The van der Waals surface area contributed by atoms with Crippen LogP contribution in [0.25, 0.3) is 0 Å². The van der Waals surface area contributed by atoms with Gasteiger partial charge in [0.15, 0.2) is 6.10 Å². The predicted molar refractivity (Wildman–Crippen MR) is 91.0 cm³/mol. The van der Waals surface area contributed by atoms with Crippen molar-refractivity contribution < 1.29 is 23.8 Å². The number of rotatable bonds is 6. The molecule has 0 aromatic heterocycles. The molecule has 1 aromatic rings. The third kappa shape index (κ3) is 5.70. The zero-order valence-electron chi connectivity index (χ0n) is 14.7. The predicted octanol–water partition coefficient (Wildman–Crippen LogP) is 1.99. The van der Waals surface area contributed by atoms with Crippen molar-refractivity contribution in [2.75, 3.05) is 26.7 Å². The first-order valence-electron chi connectivity index (χ1n) is 8.50. The molecule has 0 saturated carbocycles. The summed E-state index contributed by atoms with van der Waals surface area (Å²) in [6.45, 7) is 2.83. The first-order valence-corrected chi connectivity index (χ1v) is 8.50. The number of benzene rings is 1. The normalized spacial score (nSPS) is 19.4. The molecule has 1 aromatic carbocycles. The summed E-state index contributed by atoms with van der Waals surface area (Å²) < 4.78 is 18.8. The van der Waals surface area contributed by atoms with Gasteiger partial charge in [-0.1, -0.05) is 6.07 Å². The maximum Gasteiger partial charge on any atom is 0.317 e. The van der Waals surface area contributed by atoms with Crippen molar-refractivity contribution in [2.24, 2.45) is 0 Å². The summed E-state index contributed by atoms with van der Waals surface area (Å²) in [7, 11) is 1.80. The number of aliphatic carboxylic acids is 1. The molecule has 0 aliphatic carbocycles. The van der Waals surface area contributed by atoms with E-state index in [9.17, 15) is 14.0 Å². The van der Waals surface area contributed by atoms with Crippen LogP contribution in [0.2, 0.25) is 0 Å². The lowest BCUT2D eigenvalue weighted by atomic mass is 10.1. The Morgan fingerprint density at radius 3 is 2.84 bits per heavy atom. The highest BCUT2D eigenvalue weighted by atomic mass is 19.1. The number of carboxylic acid groups (broad SMARTS) is 1. The van der Waals surface area contributed by atoms with Crippen LogP contribution in [0.1, 0.15) is 26.2 Å². The zero-order valence-corrected chi connectivity index (χ0v) is 14.7. The summed E-state index contributed by atoms with van der Waals surface area (Å²) in [5.74, 6) is -1.06. The van der Waals surface area contributed by atoms with Gasteiger partial charge in [0.25, 0.3) is 5.91 Å². The van der Waals surface area contributed by atoms with Gasteiger partial charge in [0.1, 0.15) is 11.6 Å². The molecule has 138 valence electrons.